The van der Waals surface area contributed by atoms with Gasteiger partial charge in [0, 0.05) is 19.3 Å². The minimum Gasteiger partial charge on any atom is -0.462 e. The molecule has 0 rings (SSSR count). The standard InChI is InChI=1S/C71H120O6/c1-4-7-10-13-16-19-22-24-26-28-30-32-34-35-37-38-40-42-44-46-49-52-55-58-61-64-70(73)76-67-68(66-75-69(72)63-60-57-54-51-48-21-18-15-12-9-6-3)77-71(74)65-62-59-56-53-50-47-45-43-41-39-36-33-31-29-27-25-23-20-17-14-11-8-5-2/h7,10,15-16,18-19,23-26,29-32,35,37,40,42,68H,4-6,8-9,11-14,17,20-22,27-28,33-34,36,38-39,41,43-67H2,1-3H3/b10-7-,18-15-,19-16-,25-23-,26-24-,31-29-,32-30-,37-35-,42-40-. The molecule has 0 heterocycles. The molecule has 0 fully saturated rings. The summed E-state index contributed by atoms with van der Waals surface area (Å²) in [6.45, 7) is 6.47. The van der Waals surface area contributed by atoms with Gasteiger partial charge in [-0.3, -0.25) is 14.4 Å². The molecule has 0 aliphatic rings. The summed E-state index contributed by atoms with van der Waals surface area (Å²) in [5.74, 6) is -0.908. The molecule has 0 aliphatic carbocycles. The van der Waals surface area contributed by atoms with E-state index in [9.17, 15) is 14.4 Å². The predicted octanol–water partition coefficient (Wildman–Crippen LogP) is 22.2. The zero-order valence-electron chi connectivity index (χ0n) is 50.4. The largest absolute Gasteiger partial charge is 0.462 e. The Hall–Kier alpha value is -3.93. The van der Waals surface area contributed by atoms with E-state index in [-0.39, 0.29) is 31.1 Å². The van der Waals surface area contributed by atoms with Crippen LogP contribution >= 0.6 is 0 Å². The maximum absolute atomic E-state index is 12.9. The van der Waals surface area contributed by atoms with Gasteiger partial charge in [-0.05, 0) is 122 Å². The number of unbranched alkanes of at least 4 members (excludes halogenated alkanes) is 29. The Morgan fingerprint density at radius 3 is 0.844 bits per heavy atom. The van der Waals surface area contributed by atoms with Crippen LogP contribution in [0.25, 0.3) is 0 Å². The van der Waals surface area contributed by atoms with Crippen LogP contribution in [0.1, 0.15) is 303 Å². The van der Waals surface area contributed by atoms with Crippen molar-refractivity contribution in [2.75, 3.05) is 13.2 Å². The van der Waals surface area contributed by atoms with Crippen LogP contribution in [0.3, 0.4) is 0 Å². The van der Waals surface area contributed by atoms with Gasteiger partial charge in [0.05, 0.1) is 0 Å². The number of carbonyl (C=O) groups excluding carboxylic acids is 3. The number of esters is 3. The third-order valence-corrected chi connectivity index (χ3v) is 13.7. The van der Waals surface area contributed by atoms with E-state index < -0.39 is 6.10 Å². The fourth-order valence-electron chi connectivity index (χ4n) is 8.87. The lowest BCUT2D eigenvalue weighted by atomic mass is 10.0. The number of hydrogen-bond acceptors (Lipinski definition) is 6. The van der Waals surface area contributed by atoms with Crippen molar-refractivity contribution in [3.8, 4) is 0 Å². The minimum atomic E-state index is -0.791. The van der Waals surface area contributed by atoms with Gasteiger partial charge >= 0.3 is 17.9 Å². The van der Waals surface area contributed by atoms with Crippen molar-refractivity contribution in [3.63, 3.8) is 0 Å². The topological polar surface area (TPSA) is 78.9 Å². The molecule has 0 aromatic rings. The van der Waals surface area contributed by atoms with Crippen molar-refractivity contribution in [1.29, 1.82) is 0 Å². The normalized spacial score (nSPS) is 12.8. The second kappa shape index (κ2) is 64.6. The second-order valence-electron chi connectivity index (χ2n) is 21.3. The average Bonchev–Trinajstić information content (AvgIpc) is 3.43. The minimum absolute atomic E-state index is 0.0882. The monoisotopic (exact) mass is 1070 g/mol. The highest BCUT2D eigenvalue weighted by Crippen LogP contribution is 2.16. The summed E-state index contributed by atoms with van der Waals surface area (Å²) in [5.41, 5.74) is 0. The van der Waals surface area contributed by atoms with Crippen molar-refractivity contribution >= 4 is 17.9 Å². The summed E-state index contributed by atoms with van der Waals surface area (Å²) in [6.07, 6.45) is 88.1. The quantitative estimate of drug-likeness (QED) is 0.0261. The molecular weight excluding hydrogens is 949 g/mol. The van der Waals surface area contributed by atoms with Crippen LogP contribution in [0.2, 0.25) is 0 Å². The number of allylic oxidation sites excluding steroid dienone is 18. The van der Waals surface area contributed by atoms with E-state index >= 15 is 0 Å². The van der Waals surface area contributed by atoms with Gasteiger partial charge in [0.25, 0.3) is 0 Å². The molecule has 6 nitrogen and oxygen atoms in total. The Labute approximate surface area is 476 Å². The van der Waals surface area contributed by atoms with Crippen molar-refractivity contribution in [1.82, 2.24) is 0 Å². The molecule has 1 atom stereocenters. The first-order chi connectivity index (χ1) is 38.0. The molecule has 0 aliphatic heterocycles. The van der Waals surface area contributed by atoms with E-state index in [1.165, 1.54) is 141 Å². The highest BCUT2D eigenvalue weighted by atomic mass is 16.6. The summed E-state index contributed by atoms with van der Waals surface area (Å²) in [5, 5.41) is 0. The SMILES string of the molecule is CC/C=C\C/C=C\C/C=C\C/C=C\C/C=C\C/C=C\CCCCCCCCC(=O)OCC(COC(=O)CCCCCCC/C=C\CCCC)OC(=O)CCCCCCCCCCCCC/C=C\C/C=C\CCCCCCC. The van der Waals surface area contributed by atoms with E-state index in [2.05, 4.69) is 130 Å². The molecule has 0 radical (unpaired) electrons. The van der Waals surface area contributed by atoms with E-state index in [1.54, 1.807) is 0 Å². The van der Waals surface area contributed by atoms with Gasteiger partial charge in [0.2, 0.25) is 0 Å². The van der Waals surface area contributed by atoms with Crippen LogP contribution in [-0.4, -0.2) is 37.2 Å². The third-order valence-electron chi connectivity index (χ3n) is 13.7. The summed E-state index contributed by atoms with van der Waals surface area (Å²) in [7, 11) is 0. The Kier molecular flexibility index (Phi) is 61.3. The first kappa shape index (κ1) is 73.1. The Bertz CT molecular complexity index is 1560. The van der Waals surface area contributed by atoms with Gasteiger partial charge in [-0.15, -0.1) is 0 Å². The van der Waals surface area contributed by atoms with Crippen LogP contribution in [0.15, 0.2) is 109 Å². The van der Waals surface area contributed by atoms with Crippen molar-refractivity contribution in [2.24, 2.45) is 0 Å². The van der Waals surface area contributed by atoms with Crippen LogP contribution in [-0.2, 0) is 28.6 Å². The molecule has 0 bridgehead atoms. The van der Waals surface area contributed by atoms with Crippen molar-refractivity contribution in [2.45, 2.75) is 309 Å². The van der Waals surface area contributed by atoms with Crippen LogP contribution in [0, 0.1) is 0 Å². The first-order valence-electron chi connectivity index (χ1n) is 32.4. The van der Waals surface area contributed by atoms with Gasteiger partial charge in [0.1, 0.15) is 13.2 Å². The zero-order chi connectivity index (χ0) is 55.7. The van der Waals surface area contributed by atoms with Gasteiger partial charge < -0.3 is 14.2 Å². The molecule has 440 valence electrons. The molecule has 77 heavy (non-hydrogen) atoms. The number of hydrogen-bond donors (Lipinski definition) is 0. The fraction of sp³-hybridized carbons (Fsp3) is 0.704. The summed E-state index contributed by atoms with van der Waals surface area (Å²) in [6, 6.07) is 0. The highest BCUT2D eigenvalue weighted by Gasteiger charge is 2.19. The molecule has 0 saturated heterocycles. The molecule has 1 unspecified atom stereocenters. The van der Waals surface area contributed by atoms with Crippen LogP contribution < -0.4 is 0 Å². The zero-order valence-corrected chi connectivity index (χ0v) is 50.4. The Balaban J connectivity index is 4.33. The van der Waals surface area contributed by atoms with Gasteiger partial charge in [-0.25, -0.2) is 0 Å². The number of ether oxygens (including phenoxy) is 3. The molecule has 0 N–H and O–H groups in total. The maximum Gasteiger partial charge on any atom is 0.306 e. The Morgan fingerprint density at radius 2 is 0.519 bits per heavy atom. The van der Waals surface area contributed by atoms with Crippen molar-refractivity contribution in [3.05, 3.63) is 109 Å². The summed E-state index contributed by atoms with van der Waals surface area (Å²) in [4.78, 5) is 38.3. The third kappa shape index (κ3) is 62.8. The highest BCUT2D eigenvalue weighted by molar-refractivity contribution is 5.71. The van der Waals surface area contributed by atoms with Crippen molar-refractivity contribution < 1.29 is 28.6 Å². The Morgan fingerprint density at radius 1 is 0.273 bits per heavy atom. The number of carbonyl (C=O) groups is 3. The molecule has 0 aromatic carbocycles. The molecule has 0 aromatic heterocycles. The van der Waals surface area contributed by atoms with Crippen LogP contribution in [0.5, 0.6) is 0 Å². The molecular formula is C71H120O6. The van der Waals surface area contributed by atoms with Gasteiger partial charge in [-0.1, -0.05) is 271 Å². The predicted molar refractivity (Wildman–Crippen MR) is 334 cm³/mol. The first-order valence-corrected chi connectivity index (χ1v) is 32.4. The number of rotatable bonds is 58. The molecule has 0 spiro atoms. The molecule has 6 heteroatoms. The summed E-state index contributed by atoms with van der Waals surface area (Å²) >= 11 is 0. The fourth-order valence-corrected chi connectivity index (χ4v) is 8.87. The summed E-state index contributed by atoms with van der Waals surface area (Å²) < 4.78 is 16.9. The van der Waals surface area contributed by atoms with Gasteiger partial charge in [0.15, 0.2) is 6.10 Å². The lowest BCUT2D eigenvalue weighted by molar-refractivity contribution is -0.167. The smallest absolute Gasteiger partial charge is 0.306 e. The average molecular weight is 1070 g/mol. The van der Waals surface area contributed by atoms with E-state index in [4.69, 9.17) is 14.2 Å². The molecule has 0 saturated carbocycles. The lowest BCUT2D eigenvalue weighted by Gasteiger charge is -2.18. The van der Waals surface area contributed by atoms with Gasteiger partial charge in [-0.2, -0.15) is 0 Å². The van der Waals surface area contributed by atoms with E-state index in [0.717, 1.165) is 122 Å². The second-order valence-corrected chi connectivity index (χ2v) is 21.3. The molecule has 0 amide bonds. The maximum atomic E-state index is 12.9. The lowest BCUT2D eigenvalue weighted by Crippen LogP contribution is -2.30. The van der Waals surface area contributed by atoms with E-state index in [0.29, 0.717) is 19.3 Å². The van der Waals surface area contributed by atoms with Crippen LogP contribution in [0.4, 0.5) is 0 Å². The van der Waals surface area contributed by atoms with E-state index in [1.807, 2.05) is 0 Å².